The van der Waals surface area contributed by atoms with E-state index >= 15 is 0 Å². The Bertz CT molecular complexity index is 508. The molecule has 22 heavy (non-hydrogen) atoms. The second kappa shape index (κ2) is 6.34. The van der Waals surface area contributed by atoms with Crippen molar-refractivity contribution in [3.63, 3.8) is 0 Å². The molecule has 0 radical (unpaired) electrons. The lowest BCUT2D eigenvalue weighted by molar-refractivity contribution is 0.246. The van der Waals surface area contributed by atoms with Crippen LogP contribution in [0.4, 0.5) is 0 Å². The fourth-order valence-electron chi connectivity index (χ4n) is 2.03. The third-order valence-corrected chi connectivity index (χ3v) is 23.2. The number of nitrogens with two attached hydrogens (primary N) is 8. The predicted molar refractivity (Wildman–Crippen MR) is 97.4 cm³/mol. The highest BCUT2D eigenvalue weighted by Crippen LogP contribution is 2.28. The largest absolute Gasteiger partial charge is 0.460 e. The summed E-state index contributed by atoms with van der Waals surface area (Å²) in [6.45, 7) is 0. The minimum Gasteiger partial charge on any atom is -0.410 e. The third kappa shape index (κ3) is 4.58. The maximum Gasteiger partial charge on any atom is 0.460 e. The molecule has 1 aliphatic heterocycles. The zero-order valence-electron chi connectivity index (χ0n) is 12.8. The van der Waals surface area contributed by atoms with Gasteiger partial charge in [-0.1, -0.05) is 0 Å². The van der Waals surface area contributed by atoms with E-state index in [1.165, 1.54) is 0 Å². The zero-order chi connectivity index (χ0) is 17.3. The fraction of sp³-hybridized carbons (Fsp3) is 0.333. The summed E-state index contributed by atoms with van der Waals surface area (Å²) >= 11 is 0. The van der Waals surface area contributed by atoms with Crippen LogP contribution < -0.4 is 45.2 Å². The standard InChI is InChI=1S/C6H26N8O3Si5/c7-3(4(8)9)1-2-20(18)15-21(13,6(12)5(10)11)17-22(14,19)16-20/h1-2,7-14H2,18-19H3. The molecule has 3 unspecified atom stereocenters. The normalized spacial score (nSPS) is 35.2. The van der Waals surface area contributed by atoms with Crippen molar-refractivity contribution < 1.29 is 12.3 Å². The molecular formula is C6H26N8O3Si5. The van der Waals surface area contributed by atoms with Gasteiger partial charge in [0.1, 0.15) is 17.0 Å². The quantitative estimate of drug-likeness (QED) is 0.207. The number of rotatable bonds is 4. The van der Waals surface area contributed by atoms with Crippen LogP contribution in [0.2, 0.25) is 6.04 Å². The maximum absolute atomic E-state index is 6.23. The summed E-state index contributed by atoms with van der Waals surface area (Å²) in [4.78, 5) is 0. The van der Waals surface area contributed by atoms with E-state index in [-0.39, 0.29) is 17.0 Å². The van der Waals surface area contributed by atoms with Crippen LogP contribution in [0.1, 0.15) is 6.42 Å². The molecule has 0 aromatic heterocycles. The van der Waals surface area contributed by atoms with Gasteiger partial charge in [0.2, 0.25) is 0 Å². The minimum absolute atomic E-state index is 0.0311. The summed E-state index contributed by atoms with van der Waals surface area (Å²) in [7, 11) is -7.87. The zero-order valence-corrected chi connectivity index (χ0v) is 19.8. The van der Waals surface area contributed by atoms with Crippen molar-refractivity contribution in [2.75, 3.05) is 0 Å². The highest BCUT2D eigenvalue weighted by atomic mass is 29.3. The van der Waals surface area contributed by atoms with Gasteiger partial charge in [0.25, 0.3) is 8.08 Å². The van der Waals surface area contributed by atoms with Gasteiger partial charge in [0.15, 0.2) is 0 Å². The molecule has 11 nitrogen and oxygen atoms in total. The first-order chi connectivity index (χ1) is 9.80. The summed E-state index contributed by atoms with van der Waals surface area (Å²) in [5.74, 6) is -0.0403. The second-order valence-electron chi connectivity index (χ2n) is 5.47. The lowest BCUT2D eigenvalue weighted by atomic mass is 10.3. The Balaban J connectivity index is 3.06. The van der Waals surface area contributed by atoms with Crippen molar-refractivity contribution in [1.29, 1.82) is 0 Å². The molecule has 16 N–H and O–H groups in total. The Morgan fingerprint density at radius 2 is 1.36 bits per heavy atom. The maximum atomic E-state index is 6.23. The van der Waals surface area contributed by atoms with E-state index < -0.39 is 25.0 Å². The third-order valence-electron chi connectivity index (χ3n) is 3.05. The molecule has 0 aromatic carbocycles. The van der Waals surface area contributed by atoms with Gasteiger partial charge in [-0.2, -0.15) is 0 Å². The molecule has 1 fully saturated rings. The van der Waals surface area contributed by atoms with E-state index in [9.17, 15) is 0 Å². The number of hydrogen-bond donors (Lipinski definition) is 8. The molecule has 0 spiro atoms. The Morgan fingerprint density at radius 1 is 0.818 bits per heavy atom. The van der Waals surface area contributed by atoms with Crippen LogP contribution >= 0.6 is 0 Å². The van der Waals surface area contributed by atoms with E-state index in [4.69, 9.17) is 57.5 Å². The summed E-state index contributed by atoms with van der Waals surface area (Å²) in [5.41, 5.74) is 34.0. The van der Waals surface area contributed by atoms with Gasteiger partial charge in [0, 0.05) is 5.70 Å². The van der Waals surface area contributed by atoms with Crippen molar-refractivity contribution in [2.45, 2.75) is 12.5 Å². The van der Waals surface area contributed by atoms with E-state index in [1.807, 2.05) is 0 Å². The molecular weight excluding hydrogens is 373 g/mol. The Kier molecular flexibility index (Phi) is 5.54. The van der Waals surface area contributed by atoms with Crippen molar-refractivity contribution in [1.82, 2.24) is 0 Å². The Morgan fingerprint density at radius 3 is 1.82 bits per heavy atom. The molecule has 0 saturated carbocycles. The van der Waals surface area contributed by atoms with Crippen molar-refractivity contribution in [2.24, 2.45) is 45.2 Å². The Labute approximate surface area is 137 Å². The SMILES string of the molecule is NC(N)=C(N)CC[Si]1([SiH3])O[Si](N)([SiH3])O[Si](N)(C(N)=C(N)N)O1. The molecule has 16 heteroatoms. The summed E-state index contributed by atoms with van der Waals surface area (Å²) < 4.78 is 17.7. The molecule has 1 saturated heterocycles. The predicted octanol–water partition coefficient (Wildman–Crippen LogP) is -6.97. The van der Waals surface area contributed by atoms with E-state index in [0.29, 0.717) is 37.7 Å². The molecule has 0 aromatic rings. The average Bonchev–Trinajstić information content (AvgIpc) is 2.31. The molecule has 0 amide bonds. The highest BCUT2D eigenvalue weighted by molar-refractivity contribution is 7.23. The second-order valence-corrected chi connectivity index (χ2v) is 23.3. The monoisotopic (exact) mass is 398 g/mol. The van der Waals surface area contributed by atoms with Crippen LogP contribution in [0.5, 0.6) is 0 Å². The van der Waals surface area contributed by atoms with Crippen LogP contribution in [0.3, 0.4) is 0 Å². The van der Waals surface area contributed by atoms with Gasteiger partial charge in [-0.05, 0) is 12.5 Å². The van der Waals surface area contributed by atoms with Gasteiger partial charge in [0.05, 0.1) is 19.5 Å². The summed E-state index contributed by atoms with van der Waals surface area (Å²) in [6.07, 6.45) is 0.427. The van der Waals surface area contributed by atoms with Crippen LogP contribution in [0.15, 0.2) is 22.7 Å². The summed E-state index contributed by atoms with van der Waals surface area (Å²) in [5, 5.41) is 12.4. The topological polar surface area (TPSA) is 236 Å². The van der Waals surface area contributed by atoms with Crippen molar-refractivity contribution in [3.05, 3.63) is 22.7 Å². The molecule has 0 aliphatic carbocycles. The van der Waals surface area contributed by atoms with Gasteiger partial charge >= 0.3 is 17.0 Å². The van der Waals surface area contributed by atoms with Gasteiger partial charge in [-0.3, -0.25) is 0 Å². The first kappa shape index (κ1) is 19.2. The average molecular weight is 399 g/mol. The smallest absolute Gasteiger partial charge is 0.410 e. The van der Waals surface area contributed by atoms with Gasteiger partial charge < -0.3 is 57.5 Å². The molecule has 3 atom stereocenters. The number of hydrogen-bond acceptors (Lipinski definition) is 11. The lowest BCUT2D eigenvalue weighted by Gasteiger charge is -2.48. The van der Waals surface area contributed by atoms with Crippen molar-refractivity contribution in [3.8, 4) is 0 Å². The summed E-state index contributed by atoms with van der Waals surface area (Å²) in [6, 6.07) is 0.518. The molecule has 1 heterocycles. The van der Waals surface area contributed by atoms with Crippen LogP contribution in [-0.4, -0.2) is 44.6 Å². The van der Waals surface area contributed by atoms with E-state index in [2.05, 4.69) is 0 Å². The van der Waals surface area contributed by atoms with Crippen molar-refractivity contribution >= 4 is 44.6 Å². The Hall–Kier alpha value is -0.836. The molecule has 128 valence electrons. The first-order valence-corrected chi connectivity index (χ1v) is 19.3. The first-order valence-electron chi connectivity index (χ1n) is 6.49. The van der Waals surface area contributed by atoms with Gasteiger partial charge in [-0.15, -0.1) is 0 Å². The fourth-order valence-corrected chi connectivity index (χ4v) is 32.3. The molecule has 1 aliphatic rings. The van der Waals surface area contributed by atoms with E-state index in [0.717, 1.165) is 0 Å². The van der Waals surface area contributed by atoms with Crippen LogP contribution in [0, 0.1) is 0 Å². The lowest BCUT2D eigenvalue weighted by Crippen LogP contribution is -2.79. The van der Waals surface area contributed by atoms with Gasteiger partial charge in [-0.25, -0.2) is 0 Å². The van der Waals surface area contributed by atoms with E-state index in [1.54, 1.807) is 0 Å². The molecule has 1 rings (SSSR count). The minimum atomic E-state index is -3.44. The highest BCUT2D eigenvalue weighted by Gasteiger charge is 2.58. The van der Waals surface area contributed by atoms with Crippen LogP contribution in [-0.2, 0) is 12.3 Å². The molecule has 0 bridgehead atoms. The number of allylic oxidation sites excluding steroid dienone is 1. The van der Waals surface area contributed by atoms with Crippen LogP contribution in [0.25, 0.3) is 0 Å².